The normalized spacial score (nSPS) is 30.5. The molecule has 3 rings (SSSR count). The number of nitrogens with one attached hydrogen (secondary N) is 1. The third-order valence-electron chi connectivity index (χ3n) is 4.38. The van der Waals surface area contributed by atoms with E-state index in [2.05, 4.69) is 22.2 Å². The van der Waals surface area contributed by atoms with Crippen LogP contribution < -0.4 is 5.32 Å². The molecule has 2 saturated heterocycles. The van der Waals surface area contributed by atoms with Crippen molar-refractivity contribution in [3.8, 4) is 0 Å². The van der Waals surface area contributed by atoms with Crippen LogP contribution in [-0.2, 0) is 4.74 Å². The number of rotatable bonds is 4. The standard InChI is InChI=1S/C15H23N3O3S/c1-17-4-6-18(7-5-17)9-12-14(19)11(10-21-12)16-15(20)13-3-2-8-22-13/h2-3,8,11-12,14,19H,4-7,9-10H2,1H3,(H,16,20)/t11-,12-,14+/m0/s1. The van der Waals surface area contributed by atoms with Gasteiger partial charge in [0.1, 0.15) is 6.10 Å². The maximum atomic E-state index is 12.1. The highest BCUT2D eigenvalue weighted by molar-refractivity contribution is 7.12. The Kier molecular flexibility index (Phi) is 5.10. The van der Waals surface area contributed by atoms with Crippen LogP contribution in [0.4, 0.5) is 0 Å². The lowest BCUT2D eigenvalue weighted by atomic mass is 10.1. The molecular weight excluding hydrogens is 302 g/mol. The molecule has 2 aliphatic heterocycles. The second-order valence-corrected chi connectivity index (χ2v) is 6.97. The van der Waals surface area contributed by atoms with Gasteiger partial charge in [-0.1, -0.05) is 6.07 Å². The third-order valence-corrected chi connectivity index (χ3v) is 5.25. The molecule has 0 radical (unpaired) electrons. The lowest BCUT2D eigenvalue weighted by Crippen LogP contribution is -2.50. The molecule has 1 aromatic heterocycles. The van der Waals surface area contributed by atoms with E-state index in [0.29, 0.717) is 11.5 Å². The third kappa shape index (κ3) is 3.67. The first kappa shape index (κ1) is 15.9. The summed E-state index contributed by atoms with van der Waals surface area (Å²) in [4.78, 5) is 17.3. The fourth-order valence-electron chi connectivity index (χ4n) is 2.90. The Balaban J connectivity index is 1.49. The number of likely N-dealkylation sites (N-methyl/N-ethyl adjacent to an activating group) is 1. The number of aliphatic hydroxyl groups excluding tert-OH is 1. The zero-order valence-corrected chi connectivity index (χ0v) is 13.6. The molecule has 1 amide bonds. The van der Waals surface area contributed by atoms with Gasteiger partial charge in [0, 0.05) is 32.7 Å². The SMILES string of the molecule is CN1CCN(C[C@@H]2OC[C@H](NC(=O)c3cccs3)[C@H]2O)CC1. The number of thiophene rings is 1. The van der Waals surface area contributed by atoms with Crippen molar-refractivity contribution in [1.29, 1.82) is 0 Å². The predicted molar refractivity (Wildman–Crippen MR) is 85.3 cm³/mol. The second-order valence-electron chi connectivity index (χ2n) is 6.02. The van der Waals surface area contributed by atoms with Crippen molar-refractivity contribution in [1.82, 2.24) is 15.1 Å². The van der Waals surface area contributed by atoms with Crippen molar-refractivity contribution >= 4 is 17.2 Å². The van der Waals surface area contributed by atoms with E-state index in [1.165, 1.54) is 11.3 Å². The van der Waals surface area contributed by atoms with Crippen LogP contribution in [-0.4, -0.2) is 85.4 Å². The van der Waals surface area contributed by atoms with E-state index in [0.717, 1.165) is 32.7 Å². The van der Waals surface area contributed by atoms with Gasteiger partial charge in [-0.3, -0.25) is 9.69 Å². The lowest BCUT2D eigenvalue weighted by Gasteiger charge is -2.34. The first-order valence-electron chi connectivity index (χ1n) is 7.68. The van der Waals surface area contributed by atoms with Crippen molar-refractivity contribution in [3.63, 3.8) is 0 Å². The highest BCUT2D eigenvalue weighted by Crippen LogP contribution is 2.18. The van der Waals surface area contributed by atoms with Gasteiger partial charge in [-0.2, -0.15) is 0 Å². The first-order valence-corrected chi connectivity index (χ1v) is 8.56. The summed E-state index contributed by atoms with van der Waals surface area (Å²) in [6.45, 7) is 5.17. The van der Waals surface area contributed by atoms with Crippen molar-refractivity contribution in [2.45, 2.75) is 18.2 Å². The monoisotopic (exact) mass is 325 g/mol. The van der Waals surface area contributed by atoms with E-state index < -0.39 is 6.10 Å². The summed E-state index contributed by atoms with van der Waals surface area (Å²) in [5, 5.41) is 15.1. The Hall–Kier alpha value is -0.990. The molecule has 3 heterocycles. The molecule has 22 heavy (non-hydrogen) atoms. The fraction of sp³-hybridized carbons (Fsp3) is 0.667. The molecule has 0 bridgehead atoms. The summed E-state index contributed by atoms with van der Waals surface area (Å²) in [7, 11) is 2.12. The number of carbonyl (C=O) groups is 1. The molecule has 2 fully saturated rings. The van der Waals surface area contributed by atoms with Gasteiger partial charge in [-0.05, 0) is 18.5 Å². The zero-order valence-electron chi connectivity index (χ0n) is 12.8. The number of piperazine rings is 1. The summed E-state index contributed by atoms with van der Waals surface area (Å²) in [6.07, 6.45) is -0.874. The summed E-state index contributed by atoms with van der Waals surface area (Å²) in [5.41, 5.74) is 0. The van der Waals surface area contributed by atoms with Gasteiger partial charge in [0.05, 0.1) is 23.6 Å². The molecule has 0 saturated carbocycles. The second kappa shape index (κ2) is 7.06. The minimum absolute atomic E-state index is 0.136. The van der Waals surface area contributed by atoms with Crippen LogP contribution in [0, 0.1) is 0 Å². The molecule has 0 aromatic carbocycles. The van der Waals surface area contributed by atoms with Gasteiger partial charge < -0.3 is 20.1 Å². The first-order chi connectivity index (χ1) is 10.6. The molecule has 2 N–H and O–H groups in total. The average Bonchev–Trinajstić information content (AvgIpc) is 3.15. The number of carbonyl (C=O) groups excluding carboxylic acids is 1. The maximum absolute atomic E-state index is 12.1. The van der Waals surface area contributed by atoms with Crippen LogP contribution in [0.3, 0.4) is 0 Å². The van der Waals surface area contributed by atoms with E-state index in [4.69, 9.17) is 4.74 Å². The average molecular weight is 325 g/mol. The molecular formula is C15H23N3O3S. The van der Waals surface area contributed by atoms with Gasteiger partial charge in [0.25, 0.3) is 5.91 Å². The summed E-state index contributed by atoms with van der Waals surface area (Å²) in [6, 6.07) is 3.30. The van der Waals surface area contributed by atoms with Crippen LogP contribution in [0.2, 0.25) is 0 Å². The van der Waals surface area contributed by atoms with Crippen LogP contribution >= 0.6 is 11.3 Å². The Morgan fingerprint density at radius 2 is 2.23 bits per heavy atom. The van der Waals surface area contributed by atoms with Gasteiger partial charge in [-0.15, -0.1) is 11.3 Å². The van der Waals surface area contributed by atoms with E-state index in [9.17, 15) is 9.90 Å². The highest BCUT2D eigenvalue weighted by atomic mass is 32.1. The molecule has 7 heteroatoms. The molecule has 3 atom stereocenters. The summed E-state index contributed by atoms with van der Waals surface area (Å²) < 4.78 is 5.71. The zero-order chi connectivity index (χ0) is 15.5. The van der Waals surface area contributed by atoms with E-state index in [-0.39, 0.29) is 18.1 Å². The molecule has 2 aliphatic rings. The minimum atomic E-state index is -0.649. The summed E-state index contributed by atoms with van der Waals surface area (Å²) in [5.74, 6) is -0.136. The number of nitrogens with zero attached hydrogens (tertiary/aromatic N) is 2. The predicted octanol–water partition coefficient (Wildman–Crippen LogP) is -0.146. The molecule has 122 valence electrons. The number of hydrogen-bond acceptors (Lipinski definition) is 6. The quantitative estimate of drug-likeness (QED) is 0.806. The van der Waals surface area contributed by atoms with Crippen molar-refractivity contribution in [3.05, 3.63) is 22.4 Å². The van der Waals surface area contributed by atoms with Crippen molar-refractivity contribution in [2.24, 2.45) is 0 Å². The number of amides is 1. The van der Waals surface area contributed by atoms with Gasteiger partial charge >= 0.3 is 0 Å². The van der Waals surface area contributed by atoms with Gasteiger partial charge in [0.15, 0.2) is 0 Å². The van der Waals surface area contributed by atoms with Crippen LogP contribution in [0.15, 0.2) is 17.5 Å². The smallest absolute Gasteiger partial charge is 0.261 e. The van der Waals surface area contributed by atoms with Crippen LogP contribution in [0.1, 0.15) is 9.67 Å². The van der Waals surface area contributed by atoms with E-state index >= 15 is 0 Å². The maximum Gasteiger partial charge on any atom is 0.261 e. The van der Waals surface area contributed by atoms with Crippen molar-refractivity contribution < 1.29 is 14.6 Å². The highest BCUT2D eigenvalue weighted by Gasteiger charge is 2.38. The van der Waals surface area contributed by atoms with Crippen LogP contribution in [0.5, 0.6) is 0 Å². The lowest BCUT2D eigenvalue weighted by molar-refractivity contribution is 0.00606. The Morgan fingerprint density at radius 1 is 1.45 bits per heavy atom. The molecule has 0 unspecified atom stereocenters. The van der Waals surface area contributed by atoms with Gasteiger partial charge in [0.2, 0.25) is 0 Å². The molecule has 0 aliphatic carbocycles. The number of aliphatic hydroxyl groups is 1. The van der Waals surface area contributed by atoms with E-state index in [1.54, 1.807) is 6.07 Å². The Labute approximate surface area is 134 Å². The molecule has 1 aromatic rings. The number of hydrogen-bond donors (Lipinski definition) is 2. The fourth-order valence-corrected chi connectivity index (χ4v) is 3.53. The summed E-state index contributed by atoms with van der Waals surface area (Å²) >= 11 is 1.40. The van der Waals surface area contributed by atoms with E-state index in [1.807, 2.05) is 11.4 Å². The Morgan fingerprint density at radius 3 is 2.91 bits per heavy atom. The largest absolute Gasteiger partial charge is 0.388 e. The topological polar surface area (TPSA) is 65.0 Å². The van der Waals surface area contributed by atoms with Crippen LogP contribution in [0.25, 0.3) is 0 Å². The molecule has 0 spiro atoms. The number of ether oxygens (including phenoxy) is 1. The van der Waals surface area contributed by atoms with Gasteiger partial charge in [-0.25, -0.2) is 0 Å². The van der Waals surface area contributed by atoms with Crippen molar-refractivity contribution in [2.75, 3.05) is 46.4 Å². The Bertz CT molecular complexity index is 488. The minimum Gasteiger partial charge on any atom is -0.388 e. The molecule has 6 nitrogen and oxygen atoms in total.